The summed E-state index contributed by atoms with van der Waals surface area (Å²) < 4.78 is 15.9. The largest absolute Gasteiger partial charge is 0.321 e. The van der Waals surface area contributed by atoms with E-state index in [1.54, 1.807) is 6.66 Å². The molecule has 0 saturated carbocycles. The van der Waals surface area contributed by atoms with Crippen molar-refractivity contribution >= 4 is 7.52 Å². The maximum atomic E-state index is 11.1. The molecule has 1 unspecified atom stereocenters. The summed E-state index contributed by atoms with van der Waals surface area (Å²) in [5.74, 6) is 0. The summed E-state index contributed by atoms with van der Waals surface area (Å²) in [5.41, 5.74) is 0. The molecule has 1 atom stereocenters. The van der Waals surface area contributed by atoms with E-state index >= 15 is 0 Å². The van der Waals surface area contributed by atoms with Crippen molar-refractivity contribution in [2.45, 2.75) is 19.8 Å². The van der Waals surface area contributed by atoms with E-state index in [-0.39, 0.29) is 0 Å². The molecule has 62 valence electrons. The van der Waals surface area contributed by atoms with Gasteiger partial charge in [-0.2, -0.15) is 0 Å². The Hall–Kier alpha value is 0.150. The summed E-state index contributed by atoms with van der Waals surface area (Å²) in [7, 11) is -0.995. The van der Waals surface area contributed by atoms with Crippen molar-refractivity contribution in [2.75, 3.05) is 20.3 Å². The van der Waals surface area contributed by atoms with Crippen LogP contribution in [0.25, 0.3) is 0 Å². The first-order chi connectivity index (χ1) is 4.62. The first-order valence-electron chi connectivity index (χ1n) is 3.50. The monoisotopic (exact) mass is 165 g/mol. The molecule has 0 aromatic heterocycles. The second-order valence-electron chi connectivity index (χ2n) is 2.29. The fourth-order valence-corrected chi connectivity index (χ4v) is 1.22. The number of unbranched alkanes of at least 4 members (excludes halogenated alkanes) is 1. The third-order valence-electron chi connectivity index (χ3n) is 1.28. The molecule has 1 N–H and O–H groups in total. The Bertz CT molecular complexity index is 127. The summed E-state index contributed by atoms with van der Waals surface area (Å²) in [6, 6.07) is 0. The highest BCUT2D eigenvalue weighted by molar-refractivity contribution is 7.55. The smallest absolute Gasteiger partial charge is 0.266 e. The molecule has 0 aliphatic carbocycles. The fourth-order valence-electron chi connectivity index (χ4n) is 0.523. The van der Waals surface area contributed by atoms with Crippen molar-refractivity contribution in [1.82, 2.24) is 5.09 Å². The van der Waals surface area contributed by atoms with E-state index in [0.29, 0.717) is 0 Å². The van der Waals surface area contributed by atoms with Crippen LogP contribution in [0.2, 0.25) is 0 Å². The Kier molecular flexibility index (Phi) is 4.96. The standard InChI is InChI=1S/C6H16NO2P/c1-4-5-6-7-10(3,8)9-2/h4-6H2,1-3H3,(H,7,8). The molecule has 0 aromatic rings. The summed E-state index contributed by atoms with van der Waals surface area (Å²) in [5, 5.41) is 2.84. The molecule has 3 nitrogen and oxygen atoms in total. The minimum atomic E-state index is -2.45. The lowest BCUT2D eigenvalue weighted by molar-refractivity contribution is 0.387. The van der Waals surface area contributed by atoms with Gasteiger partial charge in [0.2, 0.25) is 0 Å². The molecule has 0 aromatic carbocycles. The predicted octanol–water partition coefficient (Wildman–Crippen LogP) is 1.85. The van der Waals surface area contributed by atoms with Crippen LogP contribution in [0.4, 0.5) is 0 Å². The van der Waals surface area contributed by atoms with E-state index < -0.39 is 7.52 Å². The van der Waals surface area contributed by atoms with E-state index in [4.69, 9.17) is 4.52 Å². The Morgan fingerprint density at radius 1 is 1.60 bits per heavy atom. The Morgan fingerprint density at radius 3 is 2.60 bits per heavy atom. The van der Waals surface area contributed by atoms with E-state index in [1.165, 1.54) is 7.11 Å². The Morgan fingerprint density at radius 2 is 2.20 bits per heavy atom. The summed E-state index contributed by atoms with van der Waals surface area (Å²) in [4.78, 5) is 0. The summed E-state index contributed by atoms with van der Waals surface area (Å²) >= 11 is 0. The fraction of sp³-hybridized carbons (Fsp3) is 1.00. The average Bonchev–Trinajstić information content (AvgIpc) is 1.89. The molecule has 0 radical (unpaired) electrons. The second kappa shape index (κ2) is 4.89. The molecule has 0 spiro atoms. The first-order valence-corrected chi connectivity index (χ1v) is 5.58. The van der Waals surface area contributed by atoms with Crippen LogP contribution < -0.4 is 5.09 Å². The van der Waals surface area contributed by atoms with Crippen LogP contribution >= 0.6 is 7.52 Å². The van der Waals surface area contributed by atoms with Gasteiger partial charge in [0.15, 0.2) is 0 Å². The normalized spacial score (nSPS) is 16.7. The minimum Gasteiger partial charge on any atom is -0.321 e. The van der Waals surface area contributed by atoms with E-state index in [2.05, 4.69) is 12.0 Å². The van der Waals surface area contributed by atoms with E-state index in [1.807, 2.05) is 0 Å². The van der Waals surface area contributed by atoms with Gasteiger partial charge in [-0.1, -0.05) is 13.3 Å². The molecule has 0 saturated heterocycles. The Balaban J connectivity index is 3.38. The van der Waals surface area contributed by atoms with Gasteiger partial charge in [-0.05, 0) is 6.42 Å². The van der Waals surface area contributed by atoms with Gasteiger partial charge in [0.25, 0.3) is 7.52 Å². The first kappa shape index (κ1) is 10.2. The van der Waals surface area contributed by atoms with Crippen LogP contribution in [0.15, 0.2) is 0 Å². The highest BCUT2D eigenvalue weighted by Gasteiger charge is 2.10. The number of nitrogens with one attached hydrogen (secondary N) is 1. The maximum absolute atomic E-state index is 11.1. The molecule has 0 aliphatic rings. The van der Waals surface area contributed by atoms with Crippen molar-refractivity contribution in [2.24, 2.45) is 0 Å². The van der Waals surface area contributed by atoms with Crippen LogP contribution in [0.5, 0.6) is 0 Å². The van der Waals surface area contributed by atoms with E-state index in [0.717, 1.165) is 19.4 Å². The number of hydrogen-bond acceptors (Lipinski definition) is 2. The van der Waals surface area contributed by atoms with Gasteiger partial charge >= 0.3 is 0 Å². The van der Waals surface area contributed by atoms with Gasteiger partial charge in [0, 0.05) is 20.3 Å². The zero-order chi connectivity index (χ0) is 8.04. The molecule has 0 amide bonds. The minimum absolute atomic E-state index is 0.776. The number of rotatable bonds is 5. The van der Waals surface area contributed by atoms with Crippen LogP contribution in [0, 0.1) is 0 Å². The van der Waals surface area contributed by atoms with Gasteiger partial charge in [-0.15, -0.1) is 0 Å². The van der Waals surface area contributed by atoms with Crippen molar-refractivity contribution < 1.29 is 9.09 Å². The lowest BCUT2D eigenvalue weighted by Crippen LogP contribution is -2.11. The molecule has 0 fully saturated rings. The van der Waals surface area contributed by atoms with Crippen LogP contribution in [-0.4, -0.2) is 20.3 Å². The molecule has 4 heteroatoms. The zero-order valence-electron chi connectivity index (χ0n) is 6.89. The van der Waals surface area contributed by atoms with Gasteiger partial charge in [0.1, 0.15) is 0 Å². The van der Waals surface area contributed by atoms with Gasteiger partial charge < -0.3 is 4.52 Å². The van der Waals surface area contributed by atoms with Crippen LogP contribution in [0.3, 0.4) is 0 Å². The molecule has 10 heavy (non-hydrogen) atoms. The van der Waals surface area contributed by atoms with Crippen molar-refractivity contribution in [3.8, 4) is 0 Å². The third-order valence-corrected chi connectivity index (χ3v) is 2.77. The predicted molar refractivity (Wildman–Crippen MR) is 43.5 cm³/mol. The van der Waals surface area contributed by atoms with Crippen molar-refractivity contribution in [3.05, 3.63) is 0 Å². The lowest BCUT2D eigenvalue weighted by Gasteiger charge is -2.10. The van der Waals surface area contributed by atoms with Gasteiger partial charge in [-0.3, -0.25) is 4.57 Å². The highest BCUT2D eigenvalue weighted by atomic mass is 31.2. The molecular formula is C6H16NO2P. The number of hydrogen-bond donors (Lipinski definition) is 1. The molecule has 0 aliphatic heterocycles. The van der Waals surface area contributed by atoms with E-state index in [9.17, 15) is 4.57 Å². The van der Waals surface area contributed by atoms with Gasteiger partial charge in [-0.25, -0.2) is 5.09 Å². The molecule has 0 rings (SSSR count). The highest BCUT2D eigenvalue weighted by Crippen LogP contribution is 2.35. The van der Waals surface area contributed by atoms with Crippen LogP contribution in [-0.2, 0) is 9.09 Å². The molecular weight excluding hydrogens is 149 g/mol. The second-order valence-corrected chi connectivity index (χ2v) is 4.66. The molecule has 0 heterocycles. The van der Waals surface area contributed by atoms with Crippen molar-refractivity contribution in [3.63, 3.8) is 0 Å². The SMILES string of the molecule is CCCCNP(C)(=O)OC. The average molecular weight is 165 g/mol. The summed E-state index contributed by atoms with van der Waals surface area (Å²) in [6.45, 7) is 4.45. The molecule has 0 bridgehead atoms. The zero-order valence-corrected chi connectivity index (χ0v) is 7.78. The lowest BCUT2D eigenvalue weighted by atomic mass is 10.3. The quantitative estimate of drug-likeness (QED) is 0.499. The topological polar surface area (TPSA) is 38.3 Å². The summed E-state index contributed by atoms with van der Waals surface area (Å²) in [6.07, 6.45) is 2.15. The maximum Gasteiger partial charge on any atom is 0.266 e. The van der Waals surface area contributed by atoms with Gasteiger partial charge in [0.05, 0.1) is 0 Å². The Labute approximate surface area is 62.7 Å². The van der Waals surface area contributed by atoms with Crippen LogP contribution in [0.1, 0.15) is 19.8 Å². The van der Waals surface area contributed by atoms with Crippen molar-refractivity contribution in [1.29, 1.82) is 0 Å². The third kappa shape index (κ3) is 4.98.